The fourth-order valence-corrected chi connectivity index (χ4v) is 2.50. The molecule has 0 spiro atoms. The normalized spacial score (nSPS) is 12.1. The summed E-state index contributed by atoms with van der Waals surface area (Å²) in [7, 11) is 0. The number of benzene rings is 1. The van der Waals surface area contributed by atoms with Gasteiger partial charge >= 0.3 is 12.5 Å². The molecule has 0 bridgehead atoms. The van der Waals surface area contributed by atoms with Gasteiger partial charge in [0.15, 0.2) is 0 Å². The van der Waals surface area contributed by atoms with Crippen LogP contribution >= 0.6 is 11.8 Å². The van der Waals surface area contributed by atoms with E-state index in [0.717, 1.165) is 6.07 Å². The molecule has 0 aliphatic rings. The van der Waals surface area contributed by atoms with Gasteiger partial charge in [0, 0.05) is 12.1 Å². The lowest BCUT2D eigenvalue weighted by Crippen LogP contribution is -2.26. The Labute approximate surface area is 151 Å². The predicted octanol–water partition coefficient (Wildman–Crippen LogP) is 2.32. The highest BCUT2D eigenvalue weighted by Gasteiger charge is 2.38. The molecule has 1 heterocycles. The van der Waals surface area contributed by atoms with E-state index in [-0.39, 0.29) is 27.7 Å². The maximum absolute atomic E-state index is 12.5. The third kappa shape index (κ3) is 5.94. The van der Waals surface area contributed by atoms with Gasteiger partial charge in [-0.25, -0.2) is 4.68 Å². The van der Waals surface area contributed by atoms with E-state index in [1.165, 1.54) is 18.2 Å². The van der Waals surface area contributed by atoms with Crippen LogP contribution in [0.4, 0.5) is 26.3 Å². The number of carbonyl (C=O) groups excluding carboxylic acids is 1. The maximum Gasteiger partial charge on any atom is 0.573 e. The average molecular weight is 415 g/mol. The van der Waals surface area contributed by atoms with Gasteiger partial charge in [-0.05, 0) is 6.07 Å². The van der Waals surface area contributed by atoms with Crippen molar-refractivity contribution in [2.45, 2.75) is 24.2 Å². The zero-order valence-corrected chi connectivity index (χ0v) is 14.0. The second kappa shape index (κ2) is 7.94. The number of alkyl halides is 6. The Hall–Kier alpha value is -2.64. The molecule has 148 valence electrons. The molecular weight excluding hydrogens is 404 g/mol. The fourth-order valence-electron chi connectivity index (χ4n) is 1.82. The number of amides is 1. The highest BCUT2D eigenvalue weighted by atomic mass is 32.2. The molecule has 0 atom stereocenters. The van der Waals surface area contributed by atoms with Gasteiger partial charge in [-0.15, -0.1) is 23.4 Å². The number of thioether (sulfide) groups is 1. The van der Waals surface area contributed by atoms with E-state index < -0.39 is 30.0 Å². The first-order chi connectivity index (χ1) is 12.5. The van der Waals surface area contributed by atoms with E-state index in [9.17, 15) is 31.1 Å². The third-order valence-corrected chi connectivity index (χ3v) is 3.87. The van der Waals surface area contributed by atoms with Crippen LogP contribution < -0.4 is 15.9 Å². The van der Waals surface area contributed by atoms with Crippen LogP contribution in [-0.4, -0.2) is 32.9 Å². The Morgan fingerprint density at radius 3 is 2.44 bits per heavy atom. The number of halogens is 6. The highest BCUT2D eigenvalue weighted by Crippen LogP contribution is 2.29. The number of carbonyl (C=O) groups is 1. The summed E-state index contributed by atoms with van der Waals surface area (Å²) in [6.45, 7) is -0.283. The summed E-state index contributed by atoms with van der Waals surface area (Å²) < 4.78 is 78.7. The second-order valence-corrected chi connectivity index (χ2v) is 5.84. The van der Waals surface area contributed by atoms with Crippen LogP contribution in [0.1, 0.15) is 11.4 Å². The summed E-state index contributed by atoms with van der Waals surface area (Å²) in [4.78, 5) is 11.8. The monoisotopic (exact) mass is 415 g/mol. The molecule has 3 N–H and O–H groups in total. The van der Waals surface area contributed by atoms with E-state index in [1.807, 2.05) is 0 Å². The molecule has 1 aromatic heterocycles. The van der Waals surface area contributed by atoms with E-state index in [1.54, 1.807) is 0 Å². The topological polar surface area (TPSA) is 95.1 Å². The number of hydrogen-bond donors (Lipinski definition) is 2. The quantitative estimate of drug-likeness (QED) is 0.427. The number of nitrogens with one attached hydrogen (secondary N) is 1. The number of ether oxygens (including phenoxy) is 1. The highest BCUT2D eigenvalue weighted by molar-refractivity contribution is 7.99. The van der Waals surface area contributed by atoms with Crippen molar-refractivity contribution in [3.63, 3.8) is 0 Å². The summed E-state index contributed by atoms with van der Waals surface area (Å²) in [6, 6.07) is 5.18. The Morgan fingerprint density at radius 2 is 1.85 bits per heavy atom. The first-order valence-electron chi connectivity index (χ1n) is 6.98. The number of nitrogens with two attached hydrogens (primary N) is 1. The molecule has 27 heavy (non-hydrogen) atoms. The molecule has 2 rings (SSSR count). The predicted molar refractivity (Wildman–Crippen MR) is 80.9 cm³/mol. The molecule has 14 heteroatoms. The van der Waals surface area contributed by atoms with Crippen LogP contribution in [0.5, 0.6) is 5.75 Å². The molecule has 0 unspecified atom stereocenters. The number of hydrogen-bond acceptors (Lipinski definition) is 6. The van der Waals surface area contributed by atoms with Gasteiger partial charge < -0.3 is 15.9 Å². The van der Waals surface area contributed by atoms with Crippen LogP contribution in [-0.2, 0) is 17.5 Å². The van der Waals surface area contributed by atoms with Gasteiger partial charge in [0.05, 0.1) is 5.75 Å². The number of nitrogens with zero attached hydrogens (tertiary/aromatic N) is 3. The lowest BCUT2D eigenvalue weighted by molar-refractivity contribution is -0.274. The van der Waals surface area contributed by atoms with Crippen LogP contribution in [0.3, 0.4) is 0 Å². The maximum atomic E-state index is 12.5. The smallest absolute Gasteiger partial charge is 0.405 e. The van der Waals surface area contributed by atoms with Crippen LogP contribution in [0.2, 0.25) is 0 Å². The molecule has 1 aromatic carbocycles. The zero-order valence-electron chi connectivity index (χ0n) is 13.1. The van der Waals surface area contributed by atoms with Crippen molar-refractivity contribution in [3.8, 4) is 5.75 Å². The Morgan fingerprint density at radius 1 is 1.19 bits per heavy atom. The van der Waals surface area contributed by atoms with Crippen LogP contribution in [0.15, 0.2) is 29.4 Å². The van der Waals surface area contributed by atoms with Gasteiger partial charge in [-0.1, -0.05) is 30.0 Å². The molecule has 2 aromatic rings. The first kappa shape index (κ1) is 20.7. The number of aromatic nitrogens is 3. The van der Waals surface area contributed by atoms with Crippen LogP contribution in [0.25, 0.3) is 0 Å². The summed E-state index contributed by atoms with van der Waals surface area (Å²) in [5, 5.41) is 8.10. The van der Waals surface area contributed by atoms with Gasteiger partial charge in [0.25, 0.3) is 5.82 Å². The number of nitrogen functional groups attached to an aromatic ring is 1. The molecule has 0 fully saturated rings. The van der Waals surface area contributed by atoms with Crippen molar-refractivity contribution in [2.75, 3.05) is 11.6 Å². The molecule has 0 aliphatic heterocycles. The molecule has 7 nitrogen and oxygen atoms in total. The fraction of sp³-hybridized carbons (Fsp3) is 0.308. The largest absolute Gasteiger partial charge is 0.573 e. The van der Waals surface area contributed by atoms with Gasteiger partial charge in [-0.3, -0.25) is 4.79 Å². The molecule has 0 radical (unpaired) electrons. The average Bonchev–Trinajstić information content (AvgIpc) is 2.91. The molecular formula is C13H11F6N5O2S. The van der Waals surface area contributed by atoms with Crippen molar-refractivity contribution in [1.82, 2.24) is 20.2 Å². The van der Waals surface area contributed by atoms with Gasteiger partial charge in [0.1, 0.15) is 5.75 Å². The SMILES string of the molecule is Nn1c(SCC(=O)NCc2ccccc2OC(F)(F)F)nnc1C(F)(F)F. The molecule has 0 saturated carbocycles. The first-order valence-corrected chi connectivity index (χ1v) is 7.97. The van der Waals surface area contributed by atoms with Crippen molar-refractivity contribution < 1.29 is 35.9 Å². The van der Waals surface area contributed by atoms with Crippen molar-refractivity contribution in [1.29, 1.82) is 0 Å². The standard InChI is InChI=1S/C13H11F6N5O2S/c14-12(15,16)10-22-23-11(24(10)20)27-6-9(25)21-5-7-3-1-2-4-8(7)26-13(17,18)19/h1-4H,5-6,20H2,(H,21,25). The van der Waals surface area contributed by atoms with E-state index >= 15 is 0 Å². The lowest BCUT2D eigenvalue weighted by Gasteiger charge is -2.13. The van der Waals surface area contributed by atoms with E-state index in [2.05, 4.69) is 20.3 Å². The second-order valence-electron chi connectivity index (χ2n) is 4.89. The Kier molecular flexibility index (Phi) is 6.08. The van der Waals surface area contributed by atoms with Crippen LogP contribution in [0, 0.1) is 0 Å². The summed E-state index contributed by atoms with van der Waals surface area (Å²) >= 11 is 0.583. The molecule has 0 aliphatic carbocycles. The molecule has 1 amide bonds. The number of rotatable bonds is 6. The summed E-state index contributed by atoms with van der Waals surface area (Å²) in [5.74, 6) is 2.26. The van der Waals surface area contributed by atoms with E-state index in [4.69, 9.17) is 5.84 Å². The summed E-state index contributed by atoms with van der Waals surface area (Å²) in [6.07, 6.45) is -9.69. The Balaban J connectivity index is 1.92. The number of para-hydroxylation sites is 1. The Bertz CT molecular complexity index is 807. The van der Waals surface area contributed by atoms with Crippen molar-refractivity contribution >= 4 is 17.7 Å². The van der Waals surface area contributed by atoms with Crippen molar-refractivity contribution in [3.05, 3.63) is 35.7 Å². The summed E-state index contributed by atoms with van der Waals surface area (Å²) in [5.41, 5.74) is 0.0644. The minimum absolute atomic E-state index is 0.0644. The lowest BCUT2D eigenvalue weighted by atomic mass is 10.2. The minimum atomic E-state index is -4.89. The van der Waals surface area contributed by atoms with Crippen molar-refractivity contribution in [2.24, 2.45) is 0 Å². The molecule has 0 saturated heterocycles. The zero-order chi connectivity index (χ0) is 20.2. The van der Waals surface area contributed by atoms with Gasteiger partial charge in [0.2, 0.25) is 11.1 Å². The van der Waals surface area contributed by atoms with Gasteiger partial charge in [-0.2, -0.15) is 13.2 Å². The van der Waals surface area contributed by atoms with E-state index in [0.29, 0.717) is 11.8 Å². The third-order valence-electron chi connectivity index (χ3n) is 2.92. The minimum Gasteiger partial charge on any atom is -0.405 e.